The van der Waals surface area contributed by atoms with Crippen LogP contribution < -0.4 is 0 Å². The van der Waals surface area contributed by atoms with E-state index in [4.69, 9.17) is 5.11 Å². The molecule has 0 aliphatic rings. The lowest BCUT2D eigenvalue weighted by Crippen LogP contribution is -2.29. The lowest BCUT2D eigenvalue weighted by Gasteiger charge is -2.12. The van der Waals surface area contributed by atoms with E-state index in [9.17, 15) is 9.18 Å². The van der Waals surface area contributed by atoms with Gasteiger partial charge in [0.05, 0.1) is 19.3 Å². The van der Waals surface area contributed by atoms with E-state index < -0.39 is 0 Å². The van der Waals surface area contributed by atoms with Crippen LogP contribution in [-0.4, -0.2) is 51.1 Å². The van der Waals surface area contributed by atoms with Crippen molar-refractivity contribution in [3.63, 3.8) is 0 Å². The second-order valence-electron chi connectivity index (χ2n) is 4.38. The average Bonchev–Trinajstić information content (AvgIpc) is 2.86. The average molecular weight is 278 g/mol. The number of carbonyl (C=O) groups excluding carboxylic acids is 1. The third-order valence-corrected chi connectivity index (χ3v) is 2.77. The number of aromatic nitrogens is 3. The maximum Gasteiger partial charge on any atom is 0.275 e. The van der Waals surface area contributed by atoms with Gasteiger partial charge in [0.2, 0.25) is 0 Å². The second kappa shape index (κ2) is 6.25. The molecule has 1 aromatic heterocycles. The second-order valence-corrected chi connectivity index (χ2v) is 4.38. The molecule has 106 valence electrons. The minimum Gasteiger partial charge on any atom is -0.395 e. The first-order valence-electron chi connectivity index (χ1n) is 6.11. The normalized spacial score (nSPS) is 10.6. The molecule has 2 aromatic rings. The van der Waals surface area contributed by atoms with Crippen molar-refractivity contribution in [1.82, 2.24) is 19.9 Å². The highest BCUT2D eigenvalue weighted by Gasteiger charge is 2.15. The van der Waals surface area contributed by atoms with Gasteiger partial charge in [-0.05, 0) is 17.7 Å². The van der Waals surface area contributed by atoms with Crippen molar-refractivity contribution in [1.29, 1.82) is 0 Å². The van der Waals surface area contributed by atoms with Crippen LogP contribution in [0.2, 0.25) is 0 Å². The Bertz CT molecular complexity index is 600. The van der Waals surface area contributed by atoms with Crippen molar-refractivity contribution in [3.8, 4) is 0 Å². The van der Waals surface area contributed by atoms with Crippen molar-refractivity contribution in [2.75, 3.05) is 20.2 Å². The molecule has 1 aromatic carbocycles. The molecule has 1 amide bonds. The lowest BCUT2D eigenvalue weighted by atomic mass is 10.2. The molecule has 2 rings (SSSR count). The molecule has 0 fully saturated rings. The van der Waals surface area contributed by atoms with E-state index in [1.54, 1.807) is 19.2 Å². The van der Waals surface area contributed by atoms with Crippen LogP contribution in [0.4, 0.5) is 4.39 Å². The topological polar surface area (TPSA) is 71.2 Å². The van der Waals surface area contributed by atoms with Crippen LogP contribution in [0.25, 0.3) is 0 Å². The first-order valence-corrected chi connectivity index (χ1v) is 6.11. The predicted molar refractivity (Wildman–Crippen MR) is 69.6 cm³/mol. The number of hydrogen-bond acceptors (Lipinski definition) is 4. The van der Waals surface area contributed by atoms with Crippen LogP contribution >= 0.6 is 0 Å². The number of benzene rings is 1. The summed E-state index contributed by atoms with van der Waals surface area (Å²) < 4.78 is 14.5. The molecule has 20 heavy (non-hydrogen) atoms. The van der Waals surface area contributed by atoms with Gasteiger partial charge in [0, 0.05) is 13.6 Å². The van der Waals surface area contributed by atoms with Gasteiger partial charge in [-0.2, -0.15) is 0 Å². The standard InChI is InChI=1S/C13H15FN4O2/c1-17(5-6-19)13(20)12-9-18(16-15-12)8-10-3-2-4-11(14)7-10/h2-4,7,9,19H,5-6,8H2,1H3. The number of nitrogens with zero attached hydrogens (tertiary/aromatic N) is 4. The number of halogens is 1. The van der Waals surface area contributed by atoms with Crippen LogP contribution in [0.3, 0.4) is 0 Å². The summed E-state index contributed by atoms with van der Waals surface area (Å²) in [6.45, 7) is 0.455. The van der Waals surface area contributed by atoms with E-state index in [0.29, 0.717) is 6.54 Å². The van der Waals surface area contributed by atoms with E-state index in [-0.39, 0.29) is 30.6 Å². The molecule has 0 aliphatic heterocycles. The lowest BCUT2D eigenvalue weighted by molar-refractivity contribution is 0.0761. The summed E-state index contributed by atoms with van der Waals surface area (Å²) in [6, 6.07) is 6.15. The minimum atomic E-state index is -0.318. The molecule has 0 saturated heterocycles. The van der Waals surface area contributed by atoms with E-state index >= 15 is 0 Å². The molecule has 0 radical (unpaired) electrons. The quantitative estimate of drug-likeness (QED) is 0.866. The number of amides is 1. The molecule has 1 heterocycles. The Hall–Kier alpha value is -2.28. The van der Waals surface area contributed by atoms with Crippen molar-refractivity contribution in [2.24, 2.45) is 0 Å². The molecule has 0 atom stereocenters. The van der Waals surface area contributed by atoms with Crippen molar-refractivity contribution in [2.45, 2.75) is 6.54 Å². The highest BCUT2D eigenvalue weighted by Crippen LogP contribution is 2.06. The summed E-state index contributed by atoms with van der Waals surface area (Å²) in [7, 11) is 1.57. The number of hydrogen-bond donors (Lipinski definition) is 1. The summed E-state index contributed by atoms with van der Waals surface area (Å²) in [5, 5.41) is 16.4. The largest absolute Gasteiger partial charge is 0.395 e. The monoisotopic (exact) mass is 278 g/mol. The fourth-order valence-electron chi connectivity index (χ4n) is 1.74. The minimum absolute atomic E-state index is 0.111. The van der Waals surface area contributed by atoms with Gasteiger partial charge in [-0.15, -0.1) is 5.10 Å². The van der Waals surface area contributed by atoms with Crippen LogP contribution in [0.15, 0.2) is 30.5 Å². The first kappa shape index (κ1) is 14.1. The van der Waals surface area contributed by atoms with Crippen LogP contribution in [0, 0.1) is 5.82 Å². The Morgan fingerprint density at radius 2 is 2.30 bits per heavy atom. The third kappa shape index (κ3) is 3.39. The summed E-state index contributed by atoms with van der Waals surface area (Å²) in [4.78, 5) is 13.3. The molecule has 0 aliphatic carbocycles. The summed E-state index contributed by atoms with van der Waals surface area (Å²) in [6.07, 6.45) is 1.50. The zero-order valence-electron chi connectivity index (χ0n) is 11.0. The molecule has 0 spiro atoms. The van der Waals surface area contributed by atoms with Crippen LogP contribution in [0.1, 0.15) is 16.1 Å². The van der Waals surface area contributed by atoms with E-state index in [1.165, 1.54) is 27.9 Å². The Labute approximate surface area is 115 Å². The number of carbonyl (C=O) groups is 1. The maximum absolute atomic E-state index is 13.1. The maximum atomic E-state index is 13.1. The molecule has 7 heteroatoms. The number of rotatable bonds is 5. The van der Waals surface area contributed by atoms with Gasteiger partial charge in [0.15, 0.2) is 5.69 Å². The molecule has 0 saturated carbocycles. The highest BCUT2D eigenvalue weighted by atomic mass is 19.1. The molecular weight excluding hydrogens is 263 g/mol. The molecular formula is C13H15FN4O2. The van der Waals surface area contributed by atoms with Gasteiger partial charge in [-0.25, -0.2) is 9.07 Å². The van der Waals surface area contributed by atoms with Gasteiger partial charge in [-0.1, -0.05) is 17.3 Å². The predicted octanol–water partition coefficient (Wildman–Crippen LogP) is 0.530. The van der Waals surface area contributed by atoms with E-state index in [2.05, 4.69) is 10.3 Å². The van der Waals surface area contributed by atoms with Crippen molar-refractivity contribution >= 4 is 5.91 Å². The van der Waals surface area contributed by atoms with Crippen LogP contribution in [0.5, 0.6) is 0 Å². The number of likely N-dealkylation sites (N-methyl/N-ethyl adjacent to an activating group) is 1. The Kier molecular flexibility index (Phi) is 4.41. The van der Waals surface area contributed by atoms with Gasteiger partial charge in [0.25, 0.3) is 5.91 Å². The Morgan fingerprint density at radius 3 is 3.00 bits per heavy atom. The molecule has 1 N–H and O–H groups in total. The number of aliphatic hydroxyl groups is 1. The zero-order chi connectivity index (χ0) is 14.5. The van der Waals surface area contributed by atoms with Crippen molar-refractivity contribution < 1.29 is 14.3 Å². The van der Waals surface area contributed by atoms with Gasteiger partial charge >= 0.3 is 0 Å². The third-order valence-electron chi connectivity index (χ3n) is 2.77. The summed E-state index contributed by atoms with van der Waals surface area (Å²) >= 11 is 0. The fourth-order valence-corrected chi connectivity index (χ4v) is 1.74. The highest BCUT2D eigenvalue weighted by molar-refractivity contribution is 5.91. The number of aliphatic hydroxyl groups excluding tert-OH is 1. The zero-order valence-corrected chi connectivity index (χ0v) is 11.0. The van der Waals surface area contributed by atoms with Gasteiger partial charge < -0.3 is 10.0 Å². The Morgan fingerprint density at radius 1 is 1.50 bits per heavy atom. The van der Waals surface area contributed by atoms with E-state index in [1.807, 2.05) is 0 Å². The van der Waals surface area contributed by atoms with E-state index in [0.717, 1.165) is 5.56 Å². The molecule has 6 nitrogen and oxygen atoms in total. The van der Waals surface area contributed by atoms with Crippen molar-refractivity contribution in [3.05, 3.63) is 47.5 Å². The fraction of sp³-hybridized carbons (Fsp3) is 0.308. The van der Waals surface area contributed by atoms with Gasteiger partial charge in [-0.3, -0.25) is 4.79 Å². The smallest absolute Gasteiger partial charge is 0.275 e. The molecule has 0 unspecified atom stereocenters. The molecule has 0 bridgehead atoms. The Balaban J connectivity index is 2.07. The summed E-state index contributed by atoms with van der Waals surface area (Å²) in [5.74, 6) is -0.633. The summed E-state index contributed by atoms with van der Waals surface area (Å²) in [5.41, 5.74) is 0.926. The van der Waals surface area contributed by atoms with Gasteiger partial charge in [0.1, 0.15) is 5.82 Å². The first-order chi connectivity index (χ1) is 9.60. The van der Waals surface area contributed by atoms with Crippen LogP contribution in [-0.2, 0) is 6.54 Å². The SMILES string of the molecule is CN(CCO)C(=O)c1cn(Cc2cccc(F)c2)nn1.